The van der Waals surface area contributed by atoms with E-state index in [1.54, 1.807) is 7.05 Å². The summed E-state index contributed by atoms with van der Waals surface area (Å²) in [5.74, 6) is 0.493. The number of rotatable bonds is 4. The van der Waals surface area contributed by atoms with Crippen LogP contribution in [0.1, 0.15) is 12.0 Å². The van der Waals surface area contributed by atoms with Gasteiger partial charge in [-0.25, -0.2) is 13.4 Å². The van der Waals surface area contributed by atoms with Crippen molar-refractivity contribution in [2.24, 2.45) is 0 Å². The fourth-order valence-corrected chi connectivity index (χ4v) is 5.24. The standard InChI is InChI=1S/C17H23F3N4O3S/c1-22(14-4-9-28(26,27)12-14)16(25)11-23-5-7-24(8-6-23)15-3-2-13(10-21-15)17(18,19)20/h2-3,10,14H,4-9,11-12H2,1H3/t14-/m0/s1. The molecule has 2 saturated heterocycles. The molecule has 0 saturated carbocycles. The van der Waals surface area contributed by atoms with E-state index in [1.807, 2.05) is 9.80 Å². The molecular formula is C17H23F3N4O3S. The van der Waals surface area contributed by atoms with E-state index in [4.69, 9.17) is 0 Å². The summed E-state index contributed by atoms with van der Waals surface area (Å²) in [6.07, 6.45) is -3.11. The minimum Gasteiger partial charge on any atom is -0.354 e. The van der Waals surface area contributed by atoms with Crippen molar-refractivity contribution in [3.8, 4) is 0 Å². The van der Waals surface area contributed by atoms with Crippen molar-refractivity contribution in [1.29, 1.82) is 0 Å². The Hall–Kier alpha value is -1.88. The zero-order chi connectivity index (χ0) is 20.5. The first-order chi connectivity index (χ1) is 13.0. The van der Waals surface area contributed by atoms with Crippen LogP contribution in [0.15, 0.2) is 18.3 Å². The highest BCUT2D eigenvalue weighted by atomic mass is 32.2. The van der Waals surface area contributed by atoms with E-state index >= 15 is 0 Å². The average Bonchev–Trinajstić information content (AvgIpc) is 3.01. The molecule has 11 heteroatoms. The first-order valence-corrected chi connectivity index (χ1v) is 10.8. The molecule has 2 aliphatic rings. The predicted octanol–water partition coefficient (Wildman–Crippen LogP) is 0.868. The van der Waals surface area contributed by atoms with Crippen LogP contribution in [-0.4, -0.2) is 86.4 Å². The van der Waals surface area contributed by atoms with E-state index in [1.165, 1.54) is 11.0 Å². The Morgan fingerprint density at radius 1 is 1.25 bits per heavy atom. The van der Waals surface area contributed by atoms with Crippen LogP contribution in [0.2, 0.25) is 0 Å². The molecule has 2 fully saturated rings. The summed E-state index contributed by atoms with van der Waals surface area (Å²) in [7, 11) is -1.41. The molecule has 3 heterocycles. The van der Waals surface area contributed by atoms with Crippen LogP contribution >= 0.6 is 0 Å². The molecule has 0 N–H and O–H groups in total. The Morgan fingerprint density at radius 3 is 2.43 bits per heavy atom. The lowest BCUT2D eigenvalue weighted by atomic mass is 10.2. The highest BCUT2D eigenvalue weighted by molar-refractivity contribution is 7.91. The minimum atomic E-state index is -4.41. The number of carbonyl (C=O) groups is 1. The third-order valence-electron chi connectivity index (χ3n) is 5.28. The van der Waals surface area contributed by atoms with Gasteiger partial charge in [-0.2, -0.15) is 13.2 Å². The molecule has 0 aliphatic carbocycles. The Morgan fingerprint density at radius 2 is 1.93 bits per heavy atom. The minimum absolute atomic E-state index is 0.0165. The predicted molar refractivity (Wildman–Crippen MR) is 97.7 cm³/mol. The molecular weight excluding hydrogens is 397 g/mol. The van der Waals surface area contributed by atoms with Crippen LogP contribution in [-0.2, 0) is 20.8 Å². The number of halogens is 3. The summed E-state index contributed by atoms with van der Waals surface area (Å²) >= 11 is 0. The number of anilines is 1. The van der Waals surface area contributed by atoms with E-state index in [-0.39, 0.29) is 30.0 Å². The number of likely N-dealkylation sites (N-methyl/N-ethyl adjacent to an activating group) is 1. The van der Waals surface area contributed by atoms with Gasteiger partial charge in [0.05, 0.1) is 23.6 Å². The SMILES string of the molecule is CN(C(=O)CN1CCN(c2ccc(C(F)(F)F)cn2)CC1)[C@H]1CCS(=O)(=O)C1. The van der Waals surface area contributed by atoms with Gasteiger partial charge in [0.15, 0.2) is 9.84 Å². The molecule has 2 aliphatic heterocycles. The summed E-state index contributed by atoms with van der Waals surface area (Å²) in [6.45, 7) is 2.44. The molecule has 0 unspecified atom stereocenters. The molecule has 0 bridgehead atoms. The second kappa shape index (κ2) is 7.86. The molecule has 0 spiro atoms. The first kappa shape index (κ1) is 20.8. The van der Waals surface area contributed by atoms with Crippen LogP contribution in [0, 0.1) is 0 Å². The van der Waals surface area contributed by atoms with E-state index in [0.717, 1.165) is 12.3 Å². The number of pyridine rings is 1. The molecule has 28 heavy (non-hydrogen) atoms. The summed E-state index contributed by atoms with van der Waals surface area (Å²) in [5, 5.41) is 0. The Balaban J connectivity index is 1.49. The van der Waals surface area contributed by atoms with Gasteiger partial charge in [0.2, 0.25) is 5.91 Å². The van der Waals surface area contributed by atoms with Crippen molar-refractivity contribution < 1.29 is 26.4 Å². The zero-order valence-corrected chi connectivity index (χ0v) is 16.3. The van der Waals surface area contributed by atoms with Crippen LogP contribution in [0.3, 0.4) is 0 Å². The summed E-state index contributed by atoms with van der Waals surface area (Å²) < 4.78 is 61.0. The third-order valence-corrected chi connectivity index (χ3v) is 7.03. The van der Waals surface area contributed by atoms with Crippen LogP contribution in [0.5, 0.6) is 0 Å². The molecule has 0 radical (unpaired) electrons. The lowest BCUT2D eigenvalue weighted by Crippen LogP contribution is -2.51. The van der Waals surface area contributed by atoms with Crippen LogP contribution in [0.25, 0.3) is 0 Å². The van der Waals surface area contributed by atoms with Gasteiger partial charge >= 0.3 is 6.18 Å². The van der Waals surface area contributed by atoms with Crippen molar-refractivity contribution in [1.82, 2.24) is 14.8 Å². The molecule has 3 rings (SSSR count). The third kappa shape index (κ3) is 4.93. The second-order valence-corrected chi connectivity index (χ2v) is 9.46. The smallest absolute Gasteiger partial charge is 0.354 e. The molecule has 1 amide bonds. The van der Waals surface area contributed by atoms with Crippen molar-refractivity contribution in [2.45, 2.75) is 18.6 Å². The van der Waals surface area contributed by atoms with Crippen molar-refractivity contribution in [2.75, 3.05) is 56.2 Å². The van der Waals surface area contributed by atoms with Crippen molar-refractivity contribution >= 4 is 21.6 Å². The van der Waals surface area contributed by atoms with Gasteiger partial charge in [-0.1, -0.05) is 0 Å². The molecule has 156 valence electrons. The summed E-state index contributed by atoms with van der Waals surface area (Å²) in [5.41, 5.74) is -0.780. The lowest BCUT2D eigenvalue weighted by molar-refractivity contribution is -0.137. The maximum Gasteiger partial charge on any atom is 0.417 e. The highest BCUT2D eigenvalue weighted by Crippen LogP contribution is 2.29. The summed E-state index contributed by atoms with van der Waals surface area (Å²) in [6, 6.07) is 2.11. The molecule has 1 aromatic heterocycles. The quantitative estimate of drug-likeness (QED) is 0.720. The number of aromatic nitrogens is 1. The Bertz CT molecular complexity index is 806. The molecule has 1 atom stereocenters. The number of hydrogen-bond acceptors (Lipinski definition) is 6. The number of nitrogens with zero attached hydrogens (tertiary/aromatic N) is 4. The second-order valence-electron chi connectivity index (χ2n) is 7.23. The van der Waals surface area contributed by atoms with Gasteiger partial charge in [0, 0.05) is 45.5 Å². The van der Waals surface area contributed by atoms with Gasteiger partial charge in [-0.15, -0.1) is 0 Å². The Labute approximate surface area is 162 Å². The lowest BCUT2D eigenvalue weighted by Gasteiger charge is -2.36. The van der Waals surface area contributed by atoms with E-state index in [0.29, 0.717) is 38.4 Å². The van der Waals surface area contributed by atoms with Crippen LogP contribution in [0.4, 0.5) is 19.0 Å². The summed E-state index contributed by atoms with van der Waals surface area (Å²) in [4.78, 5) is 21.7. The van der Waals surface area contributed by atoms with Gasteiger partial charge in [0.25, 0.3) is 0 Å². The highest BCUT2D eigenvalue weighted by Gasteiger charge is 2.34. The fraction of sp³-hybridized carbons (Fsp3) is 0.647. The largest absolute Gasteiger partial charge is 0.417 e. The number of hydrogen-bond donors (Lipinski definition) is 0. The van der Waals surface area contributed by atoms with Gasteiger partial charge in [0.1, 0.15) is 5.82 Å². The first-order valence-electron chi connectivity index (χ1n) is 9.02. The average molecular weight is 420 g/mol. The molecule has 0 aromatic carbocycles. The monoisotopic (exact) mass is 420 g/mol. The van der Waals surface area contributed by atoms with Crippen molar-refractivity contribution in [3.63, 3.8) is 0 Å². The maximum atomic E-state index is 12.6. The number of alkyl halides is 3. The van der Waals surface area contributed by atoms with Crippen LogP contribution < -0.4 is 4.90 Å². The fourth-order valence-electron chi connectivity index (χ4n) is 3.46. The number of carbonyl (C=O) groups excluding carboxylic acids is 1. The van der Waals surface area contributed by atoms with Crippen molar-refractivity contribution in [3.05, 3.63) is 23.9 Å². The van der Waals surface area contributed by atoms with E-state index in [9.17, 15) is 26.4 Å². The maximum absolute atomic E-state index is 12.6. The van der Waals surface area contributed by atoms with E-state index < -0.39 is 21.6 Å². The normalized spacial score (nSPS) is 23.0. The number of amides is 1. The van der Waals surface area contributed by atoms with E-state index in [2.05, 4.69) is 4.98 Å². The number of sulfone groups is 1. The zero-order valence-electron chi connectivity index (χ0n) is 15.5. The number of piperazine rings is 1. The van der Waals surface area contributed by atoms with Gasteiger partial charge in [-0.05, 0) is 18.6 Å². The topological polar surface area (TPSA) is 73.8 Å². The Kier molecular flexibility index (Phi) is 5.85. The van der Waals surface area contributed by atoms with Gasteiger partial charge in [-0.3, -0.25) is 9.69 Å². The molecule has 7 nitrogen and oxygen atoms in total. The van der Waals surface area contributed by atoms with Gasteiger partial charge < -0.3 is 9.80 Å². The molecule has 1 aromatic rings.